The lowest BCUT2D eigenvalue weighted by molar-refractivity contribution is -0.659. The average molecular weight is 436 g/mol. The Balaban J connectivity index is 1.74. The van der Waals surface area contributed by atoms with Crippen molar-refractivity contribution in [2.45, 2.75) is 64.7 Å². The molecule has 0 radical (unpaired) electrons. The third-order valence-corrected chi connectivity index (χ3v) is 7.59. The van der Waals surface area contributed by atoms with E-state index in [1.807, 2.05) is 13.1 Å². The summed E-state index contributed by atoms with van der Waals surface area (Å²) in [4.78, 5) is 0. The highest BCUT2D eigenvalue weighted by Gasteiger charge is 2.22. The predicted molar refractivity (Wildman–Crippen MR) is 141 cm³/mol. The molecule has 0 aliphatic heterocycles. The van der Waals surface area contributed by atoms with Gasteiger partial charge in [-0.05, 0) is 76.9 Å². The molecule has 1 aliphatic rings. The van der Waals surface area contributed by atoms with Crippen molar-refractivity contribution >= 4 is 10.8 Å². The van der Waals surface area contributed by atoms with E-state index in [1.165, 1.54) is 76.3 Å². The molecule has 3 aromatic carbocycles. The topological polar surface area (TPSA) is 3.88 Å². The van der Waals surface area contributed by atoms with Gasteiger partial charge in [0.1, 0.15) is 8.42 Å². The molecule has 0 bridgehead atoms. The lowest BCUT2D eigenvalue weighted by Crippen LogP contribution is -2.31. The number of rotatable bonds is 4. The first-order valence-corrected chi connectivity index (χ1v) is 12.6. The first-order valence-electron chi connectivity index (χ1n) is 13.1. The van der Waals surface area contributed by atoms with Gasteiger partial charge in [-0.15, -0.1) is 0 Å². The Labute approximate surface area is 200 Å². The molecule has 1 heteroatoms. The molecule has 1 aliphatic carbocycles. The van der Waals surface area contributed by atoms with Crippen LogP contribution in [0, 0.1) is 6.92 Å². The summed E-state index contributed by atoms with van der Waals surface area (Å²) in [5.41, 5.74) is 9.00. The molecule has 5 rings (SSSR count). The van der Waals surface area contributed by atoms with Crippen LogP contribution < -0.4 is 4.57 Å². The van der Waals surface area contributed by atoms with Gasteiger partial charge in [0, 0.05) is 6.07 Å². The third kappa shape index (κ3) is 4.22. The Morgan fingerprint density at radius 2 is 1.64 bits per heavy atom. The molecule has 1 saturated carbocycles. The largest absolute Gasteiger partial charge is 0.220 e. The fourth-order valence-electron chi connectivity index (χ4n) is 5.72. The van der Waals surface area contributed by atoms with E-state index < -0.39 is 0 Å². The molecular weight excluding hydrogens is 398 g/mol. The zero-order valence-electron chi connectivity index (χ0n) is 21.5. The zero-order chi connectivity index (χ0) is 23.8. The van der Waals surface area contributed by atoms with Crippen LogP contribution in [0.3, 0.4) is 0 Å². The molecule has 0 N–H and O–H groups in total. The average Bonchev–Trinajstić information content (AvgIpc) is 2.86. The molecule has 1 fully saturated rings. The molecule has 1 aromatic heterocycles. The number of fused-ring (bicyclic) bond motifs is 1. The molecule has 33 heavy (non-hydrogen) atoms. The molecule has 0 amide bonds. The van der Waals surface area contributed by atoms with Gasteiger partial charge < -0.3 is 0 Å². The van der Waals surface area contributed by atoms with Crippen LogP contribution in [-0.2, 0) is 7.05 Å². The van der Waals surface area contributed by atoms with Gasteiger partial charge in [0.2, 0.25) is 5.69 Å². The van der Waals surface area contributed by atoms with Crippen molar-refractivity contribution in [3.8, 4) is 22.4 Å². The molecule has 168 valence electrons. The Kier molecular flexibility index (Phi) is 5.72. The standard InChI is InChI=1S/C32H36N/c1-22(2)30-20-28(25-13-9-6-10-14-25)21-31(23(30)3)32-29-16-15-26(24-11-7-5-8-12-24)19-27(29)17-18-33(32)4/h6,9-10,13-22,24H,5,7-8,11-12H2,1-4H3/q+1/i18D. The number of nitrogens with zero attached hydrogens (tertiary/aromatic N) is 1. The Bertz CT molecular complexity index is 1330. The van der Waals surface area contributed by atoms with E-state index in [0.29, 0.717) is 18.0 Å². The number of hydrogen-bond acceptors (Lipinski definition) is 0. The van der Waals surface area contributed by atoms with E-state index >= 15 is 0 Å². The first kappa shape index (κ1) is 20.7. The quantitative estimate of drug-likeness (QED) is 0.283. The van der Waals surface area contributed by atoms with Crippen molar-refractivity contribution in [3.05, 3.63) is 89.6 Å². The normalized spacial score (nSPS) is 15.2. The summed E-state index contributed by atoms with van der Waals surface area (Å²) in [7, 11) is 2.04. The highest BCUT2D eigenvalue weighted by molar-refractivity contribution is 5.95. The third-order valence-electron chi connectivity index (χ3n) is 7.59. The number of aromatic nitrogens is 1. The highest BCUT2D eigenvalue weighted by atomic mass is 14.9. The van der Waals surface area contributed by atoms with Crippen LogP contribution in [0.2, 0.25) is 0 Å². The Morgan fingerprint density at radius 1 is 0.879 bits per heavy atom. The zero-order valence-corrected chi connectivity index (χ0v) is 20.5. The second-order valence-electron chi connectivity index (χ2n) is 10.1. The van der Waals surface area contributed by atoms with Crippen molar-refractivity contribution in [2.24, 2.45) is 7.05 Å². The lowest BCUT2D eigenvalue weighted by atomic mass is 9.83. The van der Waals surface area contributed by atoms with Crippen LogP contribution in [0.25, 0.3) is 33.2 Å². The minimum atomic E-state index is 0.427. The van der Waals surface area contributed by atoms with Crippen LogP contribution in [0.5, 0.6) is 0 Å². The van der Waals surface area contributed by atoms with Crippen molar-refractivity contribution in [1.29, 1.82) is 0 Å². The monoisotopic (exact) mass is 435 g/mol. The van der Waals surface area contributed by atoms with Gasteiger partial charge in [-0.2, -0.15) is 0 Å². The summed E-state index contributed by atoms with van der Waals surface area (Å²) in [5.74, 6) is 1.09. The van der Waals surface area contributed by atoms with Gasteiger partial charge in [-0.25, -0.2) is 4.57 Å². The van der Waals surface area contributed by atoms with Crippen molar-refractivity contribution in [2.75, 3.05) is 0 Å². The second-order valence-corrected chi connectivity index (χ2v) is 10.1. The van der Waals surface area contributed by atoms with Crippen molar-refractivity contribution in [3.63, 3.8) is 0 Å². The SMILES string of the molecule is [2H]c1cc2cc(C3CCCCC3)ccc2c(-c2cc(-c3ccccc3)cc(C(C)C)c2C)[n+]1C. The molecule has 1 heterocycles. The van der Waals surface area contributed by atoms with E-state index in [9.17, 15) is 0 Å². The van der Waals surface area contributed by atoms with Crippen LogP contribution in [0.1, 0.15) is 75.8 Å². The van der Waals surface area contributed by atoms with Crippen molar-refractivity contribution < 1.29 is 5.94 Å². The molecule has 0 atom stereocenters. The maximum Gasteiger partial charge on any atom is 0.220 e. The smallest absolute Gasteiger partial charge is 0.200 e. The predicted octanol–water partition coefficient (Wildman–Crippen LogP) is 8.48. The van der Waals surface area contributed by atoms with Crippen LogP contribution in [0.4, 0.5) is 0 Å². The maximum absolute atomic E-state index is 8.80. The van der Waals surface area contributed by atoms with Crippen molar-refractivity contribution in [1.82, 2.24) is 0 Å². The molecule has 0 unspecified atom stereocenters. The fourth-order valence-corrected chi connectivity index (χ4v) is 5.72. The van der Waals surface area contributed by atoms with Crippen LogP contribution >= 0.6 is 0 Å². The van der Waals surface area contributed by atoms with E-state index in [2.05, 4.69) is 86.0 Å². The fraction of sp³-hybridized carbons (Fsp3) is 0.344. The van der Waals surface area contributed by atoms with Gasteiger partial charge in [-0.3, -0.25) is 0 Å². The minimum Gasteiger partial charge on any atom is -0.200 e. The van der Waals surface area contributed by atoms with Gasteiger partial charge in [0.15, 0.2) is 6.17 Å². The summed E-state index contributed by atoms with van der Waals surface area (Å²) in [6, 6.07) is 24.4. The van der Waals surface area contributed by atoms with Crippen LogP contribution in [-0.4, -0.2) is 0 Å². The van der Waals surface area contributed by atoms with Gasteiger partial charge >= 0.3 is 0 Å². The Morgan fingerprint density at radius 3 is 2.36 bits per heavy atom. The lowest BCUT2D eigenvalue weighted by Gasteiger charge is -2.22. The first-order chi connectivity index (χ1) is 16.4. The molecule has 0 spiro atoms. The second kappa shape index (κ2) is 9.14. The van der Waals surface area contributed by atoms with Gasteiger partial charge in [0.25, 0.3) is 0 Å². The van der Waals surface area contributed by atoms with E-state index in [0.717, 1.165) is 5.69 Å². The number of benzene rings is 3. The molecular formula is C32H36N+. The van der Waals surface area contributed by atoms with Crippen LogP contribution in [0.15, 0.2) is 72.9 Å². The summed E-state index contributed by atoms with van der Waals surface area (Å²) >= 11 is 0. The number of hydrogen-bond donors (Lipinski definition) is 0. The number of pyridine rings is 1. The van der Waals surface area contributed by atoms with Gasteiger partial charge in [-0.1, -0.05) is 81.6 Å². The van der Waals surface area contributed by atoms with E-state index in [-0.39, 0.29) is 0 Å². The Hall–Kier alpha value is -2.93. The summed E-state index contributed by atoms with van der Waals surface area (Å²) in [6.07, 6.45) is 7.19. The summed E-state index contributed by atoms with van der Waals surface area (Å²) in [6.45, 7) is 6.80. The van der Waals surface area contributed by atoms with E-state index in [1.54, 1.807) is 0 Å². The molecule has 4 aromatic rings. The van der Waals surface area contributed by atoms with Gasteiger partial charge in [0.05, 0.1) is 10.9 Å². The minimum absolute atomic E-state index is 0.427. The maximum atomic E-state index is 8.80. The summed E-state index contributed by atoms with van der Waals surface area (Å²) in [5, 5.41) is 2.43. The van der Waals surface area contributed by atoms with E-state index in [4.69, 9.17) is 1.37 Å². The molecule has 1 nitrogen and oxygen atoms in total. The highest BCUT2D eigenvalue weighted by Crippen LogP contribution is 2.38. The molecule has 0 saturated heterocycles. The summed E-state index contributed by atoms with van der Waals surface area (Å²) < 4.78 is 10.9.